The maximum Gasteiger partial charge on any atom is -0.0166 e. The molecule has 0 fully saturated rings. The average molecular weight is 204 g/mol. The number of hydrogen-bond donors (Lipinski definition) is 0. The molecule has 0 nitrogen and oxygen atoms in total. The lowest BCUT2D eigenvalue weighted by molar-refractivity contribution is 0.427. The normalized spacial score (nSPS) is 25.7. The summed E-state index contributed by atoms with van der Waals surface area (Å²) in [5.74, 6) is 1.46. The van der Waals surface area contributed by atoms with Crippen LogP contribution in [-0.2, 0) is 0 Å². The molecule has 0 aromatic carbocycles. The maximum absolute atomic E-state index is 4.09. The Morgan fingerprint density at radius 1 is 1.47 bits per heavy atom. The van der Waals surface area contributed by atoms with Gasteiger partial charge in [-0.2, -0.15) is 0 Å². The van der Waals surface area contributed by atoms with Gasteiger partial charge in [-0.25, -0.2) is 0 Å². The highest BCUT2D eigenvalue weighted by molar-refractivity contribution is 5.15. The van der Waals surface area contributed by atoms with E-state index in [0.29, 0.717) is 5.92 Å². The van der Waals surface area contributed by atoms with E-state index in [1.54, 1.807) is 5.57 Å². The van der Waals surface area contributed by atoms with Gasteiger partial charge >= 0.3 is 0 Å². The summed E-state index contributed by atoms with van der Waals surface area (Å²) >= 11 is 0. The Morgan fingerprint density at radius 3 is 2.67 bits per heavy atom. The molecule has 1 aliphatic rings. The van der Waals surface area contributed by atoms with Crippen LogP contribution in [0, 0.1) is 11.8 Å². The third-order valence-corrected chi connectivity index (χ3v) is 3.44. The van der Waals surface area contributed by atoms with Gasteiger partial charge in [-0.15, -0.1) is 0 Å². The summed E-state index contributed by atoms with van der Waals surface area (Å²) in [5, 5.41) is 0. The van der Waals surface area contributed by atoms with Crippen molar-refractivity contribution in [3.63, 3.8) is 0 Å². The lowest BCUT2D eigenvalue weighted by Gasteiger charge is -2.28. The Hall–Kier alpha value is -0.780. The SMILES string of the molecule is C=C(C)[C@@H]1CC=C(C)[C@H](CC=C(C)C)C1. The molecule has 0 spiro atoms. The smallest absolute Gasteiger partial charge is 0.0166 e. The van der Waals surface area contributed by atoms with Gasteiger partial charge in [-0.3, -0.25) is 0 Å². The minimum atomic E-state index is 0.712. The van der Waals surface area contributed by atoms with Crippen LogP contribution in [0.25, 0.3) is 0 Å². The van der Waals surface area contributed by atoms with Gasteiger partial charge in [0, 0.05) is 0 Å². The molecule has 0 saturated carbocycles. The van der Waals surface area contributed by atoms with E-state index < -0.39 is 0 Å². The zero-order valence-electron chi connectivity index (χ0n) is 10.6. The van der Waals surface area contributed by atoms with Crippen LogP contribution >= 0.6 is 0 Å². The van der Waals surface area contributed by atoms with Crippen molar-refractivity contribution < 1.29 is 0 Å². The molecule has 0 heterocycles. The van der Waals surface area contributed by atoms with Gasteiger partial charge in [0.2, 0.25) is 0 Å². The van der Waals surface area contributed by atoms with Crippen molar-refractivity contribution in [2.24, 2.45) is 11.8 Å². The fraction of sp³-hybridized carbons (Fsp3) is 0.600. The topological polar surface area (TPSA) is 0 Å². The third-order valence-electron chi connectivity index (χ3n) is 3.44. The minimum Gasteiger partial charge on any atom is -0.0998 e. The fourth-order valence-electron chi connectivity index (χ4n) is 2.18. The molecule has 84 valence electrons. The average Bonchev–Trinajstić information content (AvgIpc) is 2.16. The zero-order valence-corrected chi connectivity index (χ0v) is 10.6. The Labute approximate surface area is 94.8 Å². The third kappa shape index (κ3) is 3.70. The van der Waals surface area contributed by atoms with E-state index in [1.807, 2.05) is 0 Å². The lowest BCUT2D eigenvalue weighted by atomic mass is 9.77. The molecule has 0 saturated heterocycles. The Morgan fingerprint density at radius 2 is 2.13 bits per heavy atom. The van der Waals surface area contributed by atoms with E-state index in [1.165, 1.54) is 30.4 Å². The fourth-order valence-corrected chi connectivity index (χ4v) is 2.18. The molecule has 2 atom stereocenters. The second-order valence-electron chi connectivity index (χ2n) is 5.18. The van der Waals surface area contributed by atoms with Crippen molar-refractivity contribution in [1.82, 2.24) is 0 Å². The summed E-state index contributed by atoms with van der Waals surface area (Å²) in [6.07, 6.45) is 8.47. The van der Waals surface area contributed by atoms with Crippen LogP contribution in [0.5, 0.6) is 0 Å². The molecular weight excluding hydrogens is 180 g/mol. The quantitative estimate of drug-likeness (QED) is 0.574. The highest BCUT2D eigenvalue weighted by atomic mass is 14.3. The molecule has 0 bridgehead atoms. The lowest BCUT2D eigenvalue weighted by Crippen LogP contribution is -2.15. The van der Waals surface area contributed by atoms with Gasteiger partial charge in [0.15, 0.2) is 0 Å². The summed E-state index contributed by atoms with van der Waals surface area (Å²) in [4.78, 5) is 0. The first-order valence-corrected chi connectivity index (χ1v) is 5.96. The van der Waals surface area contributed by atoms with Crippen molar-refractivity contribution in [1.29, 1.82) is 0 Å². The molecule has 1 aliphatic carbocycles. The standard InChI is InChI=1S/C15H24/c1-11(2)6-8-15-10-14(12(3)4)9-7-13(15)5/h6-7,14-15H,3,8-10H2,1-2,4-5H3/t14-,15-/m1/s1. The van der Waals surface area contributed by atoms with Crippen LogP contribution in [0.1, 0.15) is 47.0 Å². The molecule has 15 heavy (non-hydrogen) atoms. The molecule has 0 N–H and O–H groups in total. The molecule has 0 aliphatic heterocycles. The zero-order chi connectivity index (χ0) is 11.4. The molecule has 0 radical (unpaired) electrons. The van der Waals surface area contributed by atoms with E-state index in [9.17, 15) is 0 Å². The van der Waals surface area contributed by atoms with Gasteiger partial charge < -0.3 is 0 Å². The second-order valence-corrected chi connectivity index (χ2v) is 5.18. The van der Waals surface area contributed by atoms with Gasteiger partial charge in [0.25, 0.3) is 0 Å². The molecule has 0 aromatic heterocycles. The number of allylic oxidation sites excluding steroid dienone is 5. The summed E-state index contributed by atoms with van der Waals surface area (Å²) in [6.45, 7) is 12.9. The van der Waals surface area contributed by atoms with Crippen molar-refractivity contribution in [3.05, 3.63) is 35.5 Å². The van der Waals surface area contributed by atoms with E-state index >= 15 is 0 Å². The van der Waals surface area contributed by atoms with Crippen LogP contribution in [0.3, 0.4) is 0 Å². The van der Waals surface area contributed by atoms with Crippen molar-refractivity contribution >= 4 is 0 Å². The predicted molar refractivity (Wildman–Crippen MR) is 68.8 cm³/mol. The highest BCUT2D eigenvalue weighted by Gasteiger charge is 2.21. The van der Waals surface area contributed by atoms with E-state index in [0.717, 1.165) is 5.92 Å². The first-order chi connectivity index (χ1) is 7.00. The molecule has 0 amide bonds. The van der Waals surface area contributed by atoms with Crippen LogP contribution in [-0.4, -0.2) is 0 Å². The first-order valence-electron chi connectivity index (χ1n) is 5.96. The van der Waals surface area contributed by atoms with Gasteiger partial charge in [-0.1, -0.05) is 35.5 Å². The number of rotatable bonds is 3. The second kappa shape index (κ2) is 5.34. The number of hydrogen-bond acceptors (Lipinski definition) is 0. The molecular formula is C15H24. The predicted octanol–water partition coefficient (Wildman–Crippen LogP) is 4.89. The molecule has 1 rings (SSSR count). The van der Waals surface area contributed by atoms with Gasteiger partial charge in [0.1, 0.15) is 0 Å². The van der Waals surface area contributed by atoms with Crippen LogP contribution < -0.4 is 0 Å². The van der Waals surface area contributed by atoms with Crippen LogP contribution in [0.4, 0.5) is 0 Å². The van der Waals surface area contributed by atoms with Crippen molar-refractivity contribution in [3.8, 4) is 0 Å². The molecule has 0 heteroatoms. The summed E-state index contributed by atoms with van der Waals surface area (Å²) in [7, 11) is 0. The first kappa shape index (κ1) is 12.3. The maximum atomic E-state index is 4.09. The Kier molecular flexibility index (Phi) is 4.38. The van der Waals surface area contributed by atoms with Crippen molar-refractivity contribution in [2.75, 3.05) is 0 Å². The molecule has 0 unspecified atom stereocenters. The van der Waals surface area contributed by atoms with Crippen LogP contribution in [0.15, 0.2) is 35.5 Å². The van der Waals surface area contributed by atoms with Gasteiger partial charge in [0.05, 0.1) is 0 Å². The largest absolute Gasteiger partial charge is 0.0998 e. The summed E-state index contributed by atoms with van der Waals surface area (Å²) in [6, 6.07) is 0. The van der Waals surface area contributed by atoms with E-state index in [2.05, 4.69) is 46.4 Å². The van der Waals surface area contributed by atoms with Crippen LogP contribution in [0.2, 0.25) is 0 Å². The summed E-state index contributed by atoms with van der Waals surface area (Å²) < 4.78 is 0. The minimum absolute atomic E-state index is 0.712. The molecule has 0 aromatic rings. The highest BCUT2D eigenvalue weighted by Crippen LogP contribution is 2.34. The summed E-state index contributed by atoms with van der Waals surface area (Å²) in [5.41, 5.74) is 4.35. The van der Waals surface area contributed by atoms with E-state index in [4.69, 9.17) is 0 Å². The monoisotopic (exact) mass is 204 g/mol. The Bertz CT molecular complexity index is 287. The van der Waals surface area contributed by atoms with Crippen molar-refractivity contribution in [2.45, 2.75) is 47.0 Å². The Balaban J connectivity index is 2.64. The van der Waals surface area contributed by atoms with Gasteiger partial charge in [-0.05, 0) is 58.8 Å². The van der Waals surface area contributed by atoms with E-state index in [-0.39, 0.29) is 0 Å².